The summed E-state index contributed by atoms with van der Waals surface area (Å²) in [7, 11) is 1.74. The van der Waals surface area contributed by atoms with Crippen LogP contribution in [0.5, 0.6) is 0 Å². The highest BCUT2D eigenvalue weighted by Crippen LogP contribution is 2.08. The Bertz CT molecular complexity index is 474. The van der Waals surface area contributed by atoms with Crippen molar-refractivity contribution in [3.05, 3.63) is 29.8 Å². The van der Waals surface area contributed by atoms with Crippen LogP contribution in [0.2, 0.25) is 0 Å². The molecule has 0 aliphatic heterocycles. The molecule has 0 saturated carbocycles. The number of benzene rings is 1. The third-order valence-corrected chi connectivity index (χ3v) is 3.09. The molecule has 0 heterocycles. The van der Waals surface area contributed by atoms with Crippen LogP contribution in [-0.4, -0.2) is 42.9 Å². The minimum Gasteiger partial charge on any atom is -0.345 e. The zero-order valence-corrected chi connectivity index (χ0v) is 12.6. The monoisotopic (exact) mass is 277 g/mol. The minimum atomic E-state index is -0.372. The number of hydrogen-bond donors (Lipinski definition) is 2. The largest absolute Gasteiger partial charge is 0.345 e. The van der Waals surface area contributed by atoms with E-state index in [2.05, 4.69) is 10.6 Å². The van der Waals surface area contributed by atoms with Crippen LogP contribution in [0.4, 0.5) is 5.69 Å². The summed E-state index contributed by atoms with van der Waals surface area (Å²) in [5, 5.41) is 5.72. The Morgan fingerprint density at radius 2 is 2.05 bits per heavy atom. The number of amides is 2. The van der Waals surface area contributed by atoms with Crippen molar-refractivity contribution in [2.75, 3.05) is 25.5 Å². The van der Waals surface area contributed by atoms with Gasteiger partial charge in [0, 0.05) is 19.3 Å². The molecule has 5 nitrogen and oxygen atoms in total. The van der Waals surface area contributed by atoms with Gasteiger partial charge in [0.2, 0.25) is 11.8 Å². The number of likely N-dealkylation sites (N-methyl/N-ethyl adjacent to an activating group) is 1. The molecule has 110 valence electrons. The smallest absolute Gasteiger partial charge is 0.239 e. The molecule has 0 spiro atoms. The molecular weight excluding hydrogens is 254 g/mol. The van der Waals surface area contributed by atoms with Crippen LogP contribution in [0.15, 0.2) is 24.3 Å². The van der Waals surface area contributed by atoms with Crippen LogP contribution in [0.3, 0.4) is 0 Å². The van der Waals surface area contributed by atoms with E-state index in [4.69, 9.17) is 0 Å². The predicted molar refractivity (Wildman–Crippen MR) is 80.6 cm³/mol. The van der Waals surface area contributed by atoms with Crippen LogP contribution in [0.25, 0.3) is 0 Å². The van der Waals surface area contributed by atoms with Crippen molar-refractivity contribution in [1.82, 2.24) is 10.2 Å². The highest BCUT2D eigenvalue weighted by Gasteiger charge is 2.16. The molecule has 1 rings (SSSR count). The first-order chi connectivity index (χ1) is 9.43. The fourth-order valence-electron chi connectivity index (χ4n) is 1.75. The molecule has 20 heavy (non-hydrogen) atoms. The van der Waals surface area contributed by atoms with Crippen molar-refractivity contribution in [3.8, 4) is 0 Å². The zero-order valence-electron chi connectivity index (χ0n) is 12.6. The van der Waals surface area contributed by atoms with E-state index in [1.165, 1.54) is 0 Å². The lowest BCUT2D eigenvalue weighted by atomic mass is 10.2. The number of hydrogen-bond acceptors (Lipinski definition) is 3. The van der Waals surface area contributed by atoms with E-state index < -0.39 is 0 Å². The average Bonchev–Trinajstić information content (AvgIpc) is 2.43. The molecule has 0 aromatic heterocycles. The van der Waals surface area contributed by atoms with Gasteiger partial charge in [0.1, 0.15) is 0 Å². The molecule has 2 N–H and O–H groups in total. The molecule has 0 aliphatic carbocycles. The van der Waals surface area contributed by atoms with Crippen molar-refractivity contribution in [3.63, 3.8) is 0 Å². The SMILES string of the molecule is CCN(C)C(=O)C(C)NCC(=O)Nc1cccc(C)c1. The molecule has 1 unspecified atom stereocenters. The number of anilines is 1. The van der Waals surface area contributed by atoms with E-state index in [1.54, 1.807) is 18.9 Å². The summed E-state index contributed by atoms with van der Waals surface area (Å²) in [5.41, 5.74) is 1.85. The Hall–Kier alpha value is -1.88. The summed E-state index contributed by atoms with van der Waals surface area (Å²) in [6, 6.07) is 7.22. The molecule has 0 bridgehead atoms. The first-order valence-corrected chi connectivity index (χ1v) is 6.79. The fourth-order valence-corrected chi connectivity index (χ4v) is 1.75. The lowest BCUT2D eigenvalue weighted by Gasteiger charge is -2.20. The van der Waals surface area contributed by atoms with Crippen molar-refractivity contribution < 1.29 is 9.59 Å². The number of nitrogens with one attached hydrogen (secondary N) is 2. The number of aryl methyl sites for hydroxylation is 1. The highest BCUT2D eigenvalue weighted by molar-refractivity contribution is 5.92. The van der Waals surface area contributed by atoms with Crippen LogP contribution in [0, 0.1) is 6.92 Å². The number of carbonyl (C=O) groups excluding carboxylic acids is 2. The Kier molecular flexibility index (Phi) is 6.18. The van der Waals surface area contributed by atoms with Gasteiger partial charge < -0.3 is 10.2 Å². The molecule has 2 amide bonds. The second-order valence-corrected chi connectivity index (χ2v) is 4.87. The van der Waals surface area contributed by atoms with E-state index in [0.717, 1.165) is 11.3 Å². The van der Waals surface area contributed by atoms with Crippen molar-refractivity contribution in [2.24, 2.45) is 0 Å². The summed E-state index contributed by atoms with van der Waals surface area (Å²) in [6.07, 6.45) is 0. The van der Waals surface area contributed by atoms with Crippen LogP contribution in [-0.2, 0) is 9.59 Å². The lowest BCUT2D eigenvalue weighted by Crippen LogP contribution is -2.45. The maximum Gasteiger partial charge on any atom is 0.239 e. The molecule has 0 radical (unpaired) electrons. The molecule has 5 heteroatoms. The minimum absolute atomic E-state index is 0.0177. The Morgan fingerprint density at radius 3 is 2.65 bits per heavy atom. The van der Waals surface area contributed by atoms with E-state index in [1.807, 2.05) is 38.1 Å². The molecule has 0 aliphatic rings. The Balaban J connectivity index is 2.42. The average molecular weight is 277 g/mol. The van der Waals surface area contributed by atoms with Gasteiger partial charge in [-0.25, -0.2) is 0 Å². The fraction of sp³-hybridized carbons (Fsp3) is 0.467. The van der Waals surface area contributed by atoms with E-state index in [-0.39, 0.29) is 24.4 Å². The lowest BCUT2D eigenvalue weighted by molar-refractivity contribution is -0.131. The number of nitrogens with zero attached hydrogens (tertiary/aromatic N) is 1. The quantitative estimate of drug-likeness (QED) is 0.826. The standard InChI is InChI=1S/C15H23N3O2/c1-5-18(4)15(20)12(3)16-10-14(19)17-13-8-6-7-11(2)9-13/h6-9,12,16H,5,10H2,1-4H3,(H,17,19). The summed E-state index contributed by atoms with van der Waals surface area (Å²) in [6.45, 7) is 6.40. The topological polar surface area (TPSA) is 61.4 Å². The summed E-state index contributed by atoms with van der Waals surface area (Å²) < 4.78 is 0. The zero-order chi connectivity index (χ0) is 15.1. The first-order valence-electron chi connectivity index (χ1n) is 6.79. The maximum absolute atomic E-state index is 11.8. The third kappa shape index (κ3) is 5.01. The summed E-state index contributed by atoms with van der Waals surface area (Å²) in [4.78, 5) is 25.2. The molecule has 0 fully saturated rings. The summed E-state index contributed by atoms with van der Waals surface area (Å²) >= 11 is 0. The van der Waals surface area contributed by atoms with Gasteiger partial charge in [-0.15, -0.1) is 0 Å². The number of carbonyl (C=O) groups is 2. The first kappa shape index (κ1) is 16.2. The second-order valence-electron chi connectivity index (χ2n) is 4.87. The van der Waals surface area contributed by atoms with Gasteiger partial charge >= 0.3 is 0 Å². The second kappa shape index (κ2) is 7.65. The van der Waals surface area contributed by atoms with E-state index >= 15 is 0 Å². The molecule has 1 aromatic carbocycles. The van der Waals surface area contributed by atoms with Crippen molar-refractivity contribution in [1.29, 1.82) is 0 Å². The van der Waals surface area contributed by atoms with E-state index in [0.29, 0.717) is 6.54 Å². The van der Waals surface area contributed by atoms with Crippen LogP contribution in [0.1, 0.15) is 19.4 Å². The van der Waals surface area contributed by atoms with Gasteiger partial charge in [-0.2, -0.15) is 0 Å². The highest BCUT2D eigenvalue weighted by atomic mass is 16.2. The number of rotatable bonds is 6. The normalized spacial score (nSPS) is 11.8. The van der Waals surface area contributed by atoms with Gasteiger partial charge in [0.25, 0.3) is 0 Å². The van der Waals surface area contributed by atoms with Gasteiger partial charge in [-0.05, 0) is 38.5 Å². The molecular formula is C15H23N3O2. The van der Waals surface area contributed by atoms with Crippen molar-refractivity contribution in [2.45, 2.75) is 26.8 Å². The van der Waals surface area contributed by atoms with E-state index in [9.17, 15) is 9.59 Å². The van der Waals surface area contributed by atoms with Crippen molar-refractivity contribution >= 4 is 17.5 Å². The molecule has 1 aromatic rings. The van der Waals surface area contributed by atoms with Gasteiger partial charge in [0.15, 0.2) is 0 Å². The predicted octanol–water partition coefficient (Wildman–Crippen LogP) is 1.39. The van der Waals surface area contributed by atoms with Crippen LogP contribution >= 0.6 is 0 Å². The summed E-state index contributed by atoms with van der Waals surface area (Å²) in [5.74, 6) is -0.176. The van der Waals surface area contributed by atoms with Crippen LogP contribution < -0.4 is 10.6 Å². The third-order valence-electron chi connectivity index (χ3n) is 3.09. The molecule has 1 atom stereocenters. The Morgan fingerprint density at radius 1 is 1.35 bits per heavy atom. The molecule has 0 saturated heterocycles. The van der Waals surface area contributed by atoms with Gasteiger partial charge in [0.05, 0.1) is 12.6 Å². The maximum atomic E-state index is 11.8. The Labute approximate surface area is 120 Å². The van der Waals surface area contributed by atoms with Gasteiger partial charge in [-0.1, -0.05) is 12.1 Å². The van der Waals surface area contributed by atoms with Gasteiger partial charge in [-0.3, -0.25) is 14.9 Å².